The summed E-state index contributed by atoms with van der Waals surface area (Å²) >= 11 is 0. The maximum absolute atomic E-state index is 4.34. The molecule has 0 aromatic carbocycles. The van der Waals surface area contributed by atoms with Gasteiger partial charge in [-0.05, 0) is 59.6 Å². The van der Waals surface area contributed by atoms with Gasteiger partial charge in [-0.25, -0.2) is 0 Å². The van der Waals surface area contributed by atoms with Gasteiger partial charge in [0.2, 0.25) is 0 Å². The Morgan fingerprint density at radius 2 is 2.06 bits per heavy atom. The van der Waals surface area contributed by atoms with Gasteiger partial charge in [-0.2, -0.15) is 5.10 Å². The van der Waals surface area contributed by atoms with Crippen molar-refractivity contribution < 1.29 is 0 Å². The number of hydrogen-bond acceptors (Lipinski definition) is 2. The second-order valence-electron chi connectivity index (χ2n) is 5.70. The third-order valence-corrected chi connectivity index (χ3v) is 2.48. The summed E-state index contributed by atoms with van der Waals surface area (Å²) in [6.07, 6.45) is 6.41. The van der Waals surface area contributed by atoms with Crippen LogP contribution >= 0.6 is 0 Å². The van der Waals surface area contributed by atoms with Crippen molar-refractivity contribution in [1.82, 2.24) is 15.1 Å². The molecule has 0 aliphatic carbocycles. The van der Waals surface area contributed by atoms with Crippen molar-refractivity contribution in [2.45, 2.75) is 59.0 Å². The van der Waals surface area contributed by atoms with E-state index >= 15 is 0 Å². The molecule has 92 valence electrons. The number of aromatic nitrogens is 2. The lowest BCUT2D eigenvalue weighted by Crippen LogP contribution is -2.36. The predicted molar refractivity (Wildman–Crippen MR) is 68.7 cm³/mol. The van der Waals surface area contributed by atoms with Crippen LogP contribution < -0.4 is 5.32 Å². The fourth-order valence-corrected chi connectivity index (χ4v) is 1.54. The smallest absolute Gasteiger partial charge is 0.0521 e. The molecule has 3 heteroatoms. The van der Waals surface area contributed by atoms with E-state index in [1.807, 2.05) is 10.9 Å². The molecular formula is C13H25N3. The Morgan fingerprint density at radius 1 is 1.38 bits per heavy atom. The Balaban J connectivity index is 2.27. The molecule has 0 bridgehead atoms. The van der Waals surface area contributed by atoms with Gasteiger partial charge in [-0.15, -0.1) is 0 Å². The average Bonchev–Trinajstić information content (AvgIpc) is 2.59. The number of hydrogen-bond donors (Lipinski definition) is 1. The van der Waals surface area contributed by atoms with E-state index in [1.165, 1.54) is 12.0 Å². The zero-order valence-electron chi connectivity index (χ0n) is 11.2. The Labute approximate surface area is 99.2 Å². The minimum absolute atomic E-state index is 0.224. The fraction of sp³-hybridized carbons (Fsp3) is 0.769. The molecule has 16 heavy (non-hydrogen) atoms. The fourth-order valence-electron chi connectivity index (χ4n) is 1.54. The van der Waals surface area contributed by atoms with Gasteiger partial charge in [0.25, 0.3) is 0 Å². The van der Waals surface area contributed by atoms with Gasteiger partial charge >= 0.3 is 0 Å². The van der Waals surface area contributed by atoms with Crippen LogP contribution in [0.4, 0.5) is 0 Å². The zero-order chi connectivity index (χ0) is 12.2. The van der Waals surface area contributed by atoms with Crippen LogP contribution in [0.3, 0.4) is 0 Å². The van der Waals surface area contributed by atoms with Gasteiger partial charge in [0.05, 0.1) is 6.20 Å². The number of aryl methyl sites for hydroxylation is 1. The van der Waals surface area contributed by atoms with Gasteiger partial charge in [0.15, 0.2) is 0 Å². The minimum Gasteiger partial charge on any atom is -0.312 e. The van der Waals surface area contributed by atoms with Gasteiger partial charge in [0, 0.05) is 17.8 Å². The Bertz CT molecular complexity index is 307. The normalized spacial score (nSPS) is 12.4. The number of nitrogens with one attached hydrogen (secondary N) is 1. The maximum atomic E-state index is 4.34. The van der Waals surface area contributed by atoms with Gasteiger partial charge in [0.1, 0.15) is 0 Å². The molecule has 0 atom stereocenters. The second-order valence-corrected chi connectivity index (χ2v) is 5.70. The second kappa shape index (κ2) is 5.48. The van der Waals surface area contributed by atoms with E-state index in [0.29, 0.717) is 6.04 Å². The highest BCUT2D eigenvalue weighted by molar-refractivity contribution is 5.04. The van der Waals surface area contributed by atoms with E-state index in [0.717, 1.165) is 13.0 Å². The molecule has 1 rings (SSSR count). The predicted octanol–water partition coefficient (Wildman–Crippen LogP) is 2.78. The van der Waals surface area contributed by atoms with Crippen LogP contribution in [0.5, 0.6) is 0 Å². The minimum atomic E-state index is 0.224. The van der Waals surface area contributed by atoms with E-state index in [1.54, 1.807) is 0 Å². The highest BCUT2D eigenvalue weighted by Gasteiger charge is 2.07. The summed E-state index contributed by atoms with van der Waals surface area (Å²) in [6.45, 7) is 12.0. The Kier molecular flexibility index (Phi) is 4.54. The lowest BCUT2D eigenvalue weighted by Gasteiger charge is -2.20. The van der Waals surface area contributed by atoms with E-state index in [9.17, 15) is 0 Å². The molecule has 0 radical (unpaired) electrons. The van der Waals surface area contributed by atoms with Crippen molar-refractivity contribution in [2.24, 2.45) is 0 Å². The zero-order valence-corrected chi connectivity index (χ0v) is 11.2. The van der Waals surface area contributed by atoms with Crippen molar-refractivity contribution in [3.8, 4) is 0 Å². The van der Waals surface area contributed by atoms with E-state index < -0.39 is 0 Å². The quantitative estimate of drug-likeness (QED) is 0.778. The molecule has 3 nitrogen and oxygen atoms in total. The maximum Gasteiger partial charge on any atom is 0.0521 e. The summed E-state index contributed by atoms with van der Waals surface area (Å²) < 4.78 is 2.02. The van der Waals surface area contributed by atoms with Crippen molar-refractivity contribution in [3.63, 3.8) is 0 Å². The summed E-state index contributed by atoms with van der Waals surface area (Å²) in [5, 5.41) is 7.83. The summed E-state index contributed by atoms with van der Waals surface area (Å²) in [5.41, 5.74) is 1.56. The first-order valence-electron chi connectivity index (χ1n) is 6.16. The van der Waals surface area contributed by atoms with Crippen LogP contribution in [0.25, 0.3) is 0 Å². The number of nitrogens with zero attached hydrogens (tertiary/aromatic N) is 2. The molecule has 0 saturated carbocycles. The standard InChI is InChI=1S/C13H25N3/c1-11(2)16-10-12(9-15-16)7-6-8-14-13(3,4)5/h9-11,14H,6-8H2,1-5H3. The summed E-state index contributed by atoms with van der Waals surface area (Å²) in [5.74, 6) is 0. The molecule has 0 amide bonds. The largest absolute Gasteiger partial charge is 0.312 e. The topological polar surface area (TPSA) is 29.9 Å². The van der Waals surface area contributed by atoms with Gasteiger partial charge < -0.3 is 5.32 Å². The van der Waals surface area contributed by atoms with Crippen LogP contribution in [-0.4, -0.2) is 21.9 Å². The summed E-state index contributed by atoms with van der Waals surface area (Å²) in [6, 6.07) is 0.460. The monoisotopic (exact) mass is 223 g/mol. The average molecular weight is 223 g/mol. The van der Waals surface area contributed by atoms with Crippen LogP contribution in [0.2, 0.25) is 0 Å². The summed E-state index contributed by atoms with van der Waals surface area (Å²) in [7, 11) is 0. The molecule has 0 saturated heterocycles. The lowest BCUT2D eigenvalue weighted by atomic mass is 10.1. The SMILES string of the molecule is CC(C)n1cc(CCCNC(C)(C)C)cn1. The Morgan fingerprint density at radius 3 is 2.56 bits per heavy atom. The molecule has 0 spiro atoms. The highest BCUT2D eigenvalue weighted by Crippen LogP contribution is 2.07. The molecule has 0 fully saturated rings. The van der Waals surface area contributed by atoms with Crippen LogP contribution in [-0.2, 0) is 6.42 Å². The van der Waals surface area contributed by atoms with E-state index in [2.05, 4.69) is 51.2 Å². The lowest BCUT2D eigenvalue weighted by molar-refractivity contribution is 0.422. The molecule has 0 aliphatic heterocycles. The highest BCUT2D eigenvalue weighted by atomic mass is 15.3. The van der Waals surface area contributed by atoms with Gasteiger partial charge in [-0.3, -0.25) is 4.68 Å². The van der Waals surface area contributed by atoms with Crippen molar-refractivity contribution in [1.29, 1.82) is 0 Å². The van der Waals surface area contributed by atoms with E-state index in [4.69, 9.17) is 0 Å². The van der Waals surface area contributed by atoms with Crippen molar-refractivity contribution >= 4 is 0 Å². The third-order valence-electron chi connectivity index (χ3n) is 2.48. The van der Waals surface area contributed by atoms with Crippen LogP contribution in [0.15, 0.2) is 12.4 Å². The molecule has 1 aromatic rings. The van der Waals surface area contributed by atoms with Crippen molar-refractivity contribution in [2.75, 3.05) is 6.54 Å². The molecular weight excluding hydrogens is 198 g/mol. The molecule has 1 N–H and O–H groups in total. The molecule has 1 aromatic heterocycles. The first-order valence-corrected chi connectivity index (χ1v) is 6.16. The van der Waals surface area contributed by atoms with Gasteiger partial charge in [-0.1, -0.05) is 0 Å². The Hall–Kier alpha value is -0.830. The van der Waals surface area contributed by atoms with Crippen LogP contribution in [0, 0.1) is 0 Å². The van der Waals surface area contributed by atoms with Crippen LogP contribution in [0.1, 0.15) is 52.6 Å². The third kappa shape index (κ3) is 4.79. The summed E-state index contributed by atoms with van der Waals surface area (Å²) in [4.78, 5) is 0. The number of rotatable bonds is 5. The molecule has 0 aliphatic rings. The van der Waals surface area contributed by atoms with Crippen molar-refractivity contribution in [3.05, 3.63) is 18.0 Å². The molecule has 0 unspecified atom stereocenters. The van der Waals surface area contributed by atoms with E-state index in [-0.39, 0.29) is 5.54 Å². The molecule has 1 heterocycles. The first-order chi connectivity index (χ1) is 7.38. The first kappa shape index (κ1) is 13.2.